The molecule has 0 bridgehead atoms. The van der Waals surface area contributed by atoms with E-state index in [-0.39, 0.29) is 0 Å². The molecule has 0 saturated heterocycles. The predicted molar refractivity (Wildman–Crippen MR) is 40.7 cm³/mol. The summed E-state index contributed by atoms with van der Waals surface area (Å²) in [5.74, 6) is -2.53. The molecular weight excluding hydrogens is 256 g/mol. The lowest BCUT2D eigenvalue weighted by Crippen LogP contribution is -2.02. The van der Waals surface area contributed by atoms with E-state index in [0.717, 1.165) is 0 Å². The SMILES string of the molecule is Fc1cc(OC(F)F)cc(F)c1Br. The van der Waals surface area contributed by atoms with Gasteiger partial charge in [-0.15, -0.1) is 0 Å². The molecule has 0 aliphatic rings. The van der Waals surface area contributed by atoms with Crippen LogP contribution in [-0.4, -0.2) is 6.61 Å². The summed E-state index contributed by atoms with van der Waals surface area (Å²) in [5, 5.41) is 0. The Balaban J connectivity index is 2.99. The number of rotatable bonds is 2. The van der Waals surface area contributed by atoms with Gasteiger partial charge in [0.1, 0.15) is 17.4 Å². The average Bonchev–Trinajstić information content (AvgIpc) is 1.98. The topological polar surface area (TPSA) is 9.23 Å². The zero-order chi connectivity index (χ0) is 10.0. The fraction of sp³-hybridized carbons (Fsp3) is 0.143. The molecule has 1 aromatic rings. The number of hydrogen-bond donors (Lipinski definition) is 0. The van der Waals surface area contributed by atoms with Crippen molar-refractivity contribution in [2.75, 3.05) is 0 Å². The lowest BCUT2D eigenvalue weighted by molar-refractivity contribution is -0.0501. The third-order valence-electron chi connectivity index (χ3n) is 1.18. The van der Waals surface area contributed by atoms with Crippen molar-refractivity contribution < 1.29 is 22.3 Å². The smallest absolute Gasteiger partial charge is 0.387 e. The standard InChI is InChI=1S/C7H3BrF4O/c8-6-4(9)1-3(2-5(6)10)13-7(11)12/h1-2,7H. The molecule has 0 fully saturated rings. The van der Waals surface area contributed by atoms with Crippen LogP contribution in [0.2, 0.25) is 0 Å². The molecular formula is C7H3BrF4O. The Kier molecular flexibility index (Phi) is 3.13. The van der Waals surface area contributed by atoms with Crippen LogP contribution in [0.15, 0.2) is 16.6 Å². The van der Waals surface area contributed by atoms with Crippen LogP contribution in [0.3, 0.4) is 0 Å². The number of alkyl halides is 2. The largest absolute Gasteiger partial charge is 0.435 e. The minimum absolute atomic E-state index is 0.408. The molecule has 0 spiro atoms. The Labute approximate surface area is 79.4 Å². The van der Waals surface area contributed by atoms with Crippen molar-refractivity contribution in [3.8, 4) is 5.75 Å². The molecule has 72 valence electrons. The lowest BCUT2D eigenvalue weighted by Gasteiger charge is -2.05. The molecule has 0 radical (unpaired) electrons. The molecule has 0 aliphatic carbocycles. The monoisotopic (exact) mass is 258 g/mol. The highest BCUT2D eigenvalue weighted by molar-refractivity contribution is 9.10. The summed E-state index contributed by atoms with van der Waals surface area (Å²) in [7, 11) is 0. The maximum atomic E-state index is 12.7. The van der Waals surface area contributed by atoms with E-state index in [1.165, 1.54) is 0 Å². The molecule has 0 aromatic heterocycles. The summed E-state index contributed by atoms with van der Waals surface area (Å²) in [6.45, 7) is -3.10. The molecule has 0 atom stereocenters. The first-order valence-electron chi connectivity index (χ1n) is 3.10. The number of halogens is 5. The maximum Gasteiger partial charge on any atom is 0.387 e. The summed E-state index contributed by atoms with van der Waals surface area (Å²) in [4.78, 5) is 0. The Bertz CT molecular complexity index is 292. The zero-order valence-corrected chi connectivity index (χ0v) is 7.62. The summed E-state index contributed by atoms with van der Waals surface area (Å²) in [5.41, 5.74) is 0. The summed E-state index contributed by atoms with van der Waals surface area (Å²) < 4.78 is 52.0. The van der Waals surface area contributed by atoms with Gasteiger partial charge in [-0.25, -0.2) is 8.78 Å². The van der Waals surface area contributed by atoms with Gasteiger partial charge in [0.2, 0.25) is 0 Å². The second kappa shape index (κ2) is 3.95. The molecule has 0 amide bonds. The van der Waals surface area contributed by atoms with E-state index in [1.807, 2.05) is 0 Å². The fourth-order valence-electron chi connectivity index (χ4n) is 0.703. The lowest BCUT2D eigenvalue weighted by atomic mass is 10.3. The van der Waals surface area contributed by atoms with E-state index in [1.54, 1.807) is 0 Å². The highest BCUT2D eigenvalue weighted by atomic mass is 79.9. The van der Waals surface area contributed by atoms with Crippen LogP contribution in [0.5, 0.6) is 5.75 Å². The van der Waals surface area contributed by atoms with Gasteiger partial charge in [0, 0.05) is 12.1 Å². The highest BCUT2D eigenvalue weighted by Crippen LogP contribution is 2.25. The van der Waals surface area contributed by atoms with Crippen LogP contribution in [-0.2, 0) is 0 Å². The van der Waals surface area contributed by atoms with E-state index in [9.17, 15) is 17.6 Å². The normalized spacial score (nSPS) is 10.6. The van der Waals surface area contributed by atoms with Gasteiger partial charge in [-0.05, 0) is 15.9 Å². The second-order valence-corrected chi connectivity index (χ2v) is 2.87. The van der Waals surface area contributed by atoms with E-state index in [4.69, 9.17) is 0 Å². The Morgan fingerprint density at radius 2 is 1.62 bits per heavy atom. The molecule has 6 heteroatoms. The number of hydrogen-bond acceptors (Lipinski definition) is 1. The van der Waals surface area contributed by atoms with Gasteiger partial charge in [0.15, 0.2) is 0 Å². The van der Waals surface area contributed by atoms with Crippen LogP contribution >= 0.6 is 15.9 Å². The van der Waals surface area contributed by atoms with Gasteiger partial charge in [-0.1, -0.05) is 0 Å². The molecule has 13 heavy (non-hydrogen) atoms. The van der Waals surface area contributed by atoms with Crippen LogP contribution in [0.25, 0.3) is 0 Å². The van der Waals surface area contributed by atoms with Crippen LogP contribution in [0.1, 0.15) is 0 Å². The van der Waals surface area contributed by atoms with E-state index < -0.39 is 28.5 Å². The molecule has 0 unspecified atom stereocenters. The molecule has 0 aliphatic heterocycles. The first kappa shape index (κ1) is 10.3. The van der Waals surface area contributed by atoms with Crippen molar-refractivity contribution >= 4 is 15.9 Å². The summed E-state index contributed by atoms with van der Waals surface area (Å²) in [6.07, 6.45) is 0. The number of ether oxygens (including phenoxy) is 1. The maximum absolute atomic E-state index is 12.7. The van der Waals surface area contributed by atoms with Crippen molar-refractivity contribution in [3.05, 3.63) is 28.2 Å². The molecule has 0 N–H and O–H groups in total. The Hall–Kier alpha value is -0.780. The van der Waals surface area contributed by atoms with Crippen molar-refractivity contribution in [1.29, 1.82) is 0 Å². The van der Waals surface area contributed by atoms with Crippen molar-refractivity contribution in [1.82, 2.24) is 0 Å². The first-order valence-corrected chi connectivity index (χ1v) is 3.89. The molecule has 0 saturated carbocycles. The molecule has 0 heterocycles. The van der Waals surface area contributed by atoms with Crippen LogP contribution in [0.4, 0.5) is 17.6 Å². The first-order chi connectivity index (χ1) is 6.00. The van der Waals surface area contributed by atoms with Crippen molar-refractivity contribution in [3.63, 3.8) is 0 Å². The minimum atomic E-state index is -3.10. The third-order valence-corrected chi connectivity index (χ3v) is 1.94. The van der Waals surface area contributed by atoms with Gasteiger partial charge in [-0.3, -0.25) is 0 Å². The Morgan fingerprint density at radius 3 is 2.00 bits per heavy atom. The van der Waals surface area contributed by atoms with Crippen LogP contribution < -0.4 is 4.74 Å². The minimum Gasteiger partial charge on any atom is -0.435 e. The molecule has 1 nitrogen and oxygen atoms in total. The predicted octanol–water partition coefficient (Wildman–Crippen LogP) is 3.33. The average molecular weight is 259 g/mol. The second-order valence-electron chi connectivity index (χ2n) is 2.08. The van der Waals surface area contributed by atoms with Gasteiger partial charge in [0.05, 0.1) is 4.47 Å². The quantitative estimate of drug-likeness (QED) is 0.584. The zero-order valence-electron chi connectivity index (χ0n) is 6.03. The van der Waals surface area contributed by atoms with E-state index in [0.29, 0.717) is 12.1 Å². The fourth-order valence-corrected chi connectivity index (χ4v) is 0.932. The molecule has 1 aromatic carbocycles. The highest BCUT2D eigenvalue weighted by Gasteiger charge is 2.11. The van der Waals surface area contributed by atoms with Gasteiger partial charge < -0.3 is 4.74 Å². The van der Waals surface area contributed by atoms with E-state index >= 15 is 0 Å². The van der Waals surface area contributed by atoms with Crippen molar-refractivity contribution in [2.45, 2.75) is 6.61 Å². The van der Waals surface area contributed by atoms with E-state index in [2.05, 4.69) is 20.7 Å². The van der Waals surface area contributed by atoms with Gasteiger partial charge in [-0.2, -0.15) is 8.78 Å². The van der Waals surface area contributed by atoms with Gasteiger partial charge in [0.25, 0.3) is 0 Å². The Morgan fingerprint density at radius 1 is 1.15 bits per heavy atom. The molecule has 1 rings (SSSR count). The van der Waals surface area contributed by atoms with Crippen molar-refractivity contribution in [2.24, 2.45) is 0 Å². The summed E-state index contributed by atoms with van der Waals surface area (Å²) in [6, 6.07) is 1.33. The number of benzene rings is 1. The van der Waals surface area contributed by atoms with Gasteiger partial charge >= 0.3 is 6.61 Å². The van der Waals surface area contributed by atoms with Crippen LogP contribution in [0, 0.1) is 11.6 Å². The third kappa shape index (κ3) is 2.58. The summed E-state index contributed by atoms with van der Waals surface area (Å²) >= 11 is 2.59.